The Bertz CT molecular complexity index is 865. The zero-order valence-electron chi connectivity index (χ0n) is 17.3. The van der Waals surface area contributed by atoms with Crippen molar-refractivity contribution < 1.29 is 14.3 Å². The summed E-state index contributed by atoms with van der Waals surface area (Å²) in [6.45, 7) is 4.86. The normalized spacial score (nSPS) is 14.4. The van der Waals surface area contributed by atoms with E-state index >= 15 is 0 Å². The fourth-order valence-corrected chi connectivity index (χ4v) is 3.96. The molecule has 1 aliphatic carbocycles. The maximum absolute atomic E-state index is 12.5. The van der Waals surface area contributed by atoms with Gasteiger partial charge in [-0.25, -0.2) is 0 Å². The highest BCUT2D eigenvalue weighted by atomic mass is 16.5. The van der Waals surface area contributed by atoms with Crippen LogP contribution in [0.1, 0.15) is 69.5 Å². The third-order valence-electron chi connectivity index (χ3n) is 5.45. The molecule has 2 amide bonds. The van der Waals surface area contributed by atoms with E-state index in [1.54, 1.807) is 12.1 Å². The van der Waals surface area contributed by atoms with Gasteiger partial charge in [-0.1, -0.05) is 42.5 Å². The maximum atomic E-state index is 12.5. The Morgan fingerprint density at radius 2 is 1.72 bits per heavy atom. The number of ether oxygens (including phenoxy) is 1. The summed E-state index contributed by atoms with van der Waals surface area (Å²) in [5.74, 6) is 0.398. The average Bonchev–Trinajstić information content (AvgIpc) is 2.70. The largest absolute Gasteiger partial charge is 0.492 e. The van der Waals surface area contributed by atoms with Gasteiger partial charge >= 0.3 is 0 Å². The van der Waals surface area contributed by atoms with Crippen LogP contribution in [0.4, 0.5) is 0 Å². The van der Waals surface area contributed by atoms with Gasteiger partial charge in [0.05, 0.1) is 12.2 Å². The van der Waals surface area contributed by atoms with Gasteiger partial charge in [0, 0.05) is 12.1 Å². The Kier molecular flexibility index (Phi) is 6.91. The molecule has 154 valence electrons. The third-order valence-corrected chi connectivity index (χ3v) is 5.45. The van der Waals surface area contributed by atoms with Crippen LogP contribution in [0.15, 0.2) is 36.4 Å². The first-order chi connectivity index (χ1) is 13.9. The van der Waals surface area contributed by atoms with Crippen molar-refractivity contribution >= 4 is 11.8 Å². The van der Waals surface area contributed by atoms with Crippen molar-refractivity contribution in [2.24, 2.45) is 11.7 Å². The first-order valence-electron chi connectivity index (χ1n) is 10.3. The number of carbonyl (C=O) groups is 2. The summed E-state index contributed by atoms with van der Waals surface area (Å²) in [6.07, 6.45) is 6.14. The van der Waals surface area contributed by atoms with E-state index in [0.29, 0.717) is 35.9 Å². The molecule has 0 bridgehead atoms. The number of hydrogen-bond acceptors (Lipinski definition) is 3. The molecule has 0 aromatic heterocycles. The van der Waals surface area contributed by atoms with Crippen LogP contribution in [0.3, 0.4) is 0 Å². The molecule has 1 aliphatic rings. The lowest BCUT2D eigenvalue weighted by atomic mass is 9.90. The quantitative estimate of drug-likeness (QED) is 0.735. The van der Waals surface area contributed by atoms with Crippen LogP contribution in [0.25, 0.3) is 0 Å². The number of carbonyl (C=O) groups excluding carboxylic acids is 2. The summed E-state index contributed by atoms with van der Waals surface area (Å²) in [4.78, 5) is 24.4. The van der Waals surface area contributed by atoms with E-state index in [4.69, 9.17) is 10.5 Å². The van der Waals surface area contributed by atoms with Crippen molar-refractivity contribution in [3.63, 3.8) is 0 Å². The van der Waals surface area contributed by atoms with E-state index in [1.807, 2.05) is 38.1 Å². The van der Waals surface area contributed by atoms with Gasteiger partial charge in [-0.15, -0.1) is 0 Å². The molecule has 3 rings (SSSR count). The van der Waals surface area contributed by atoms with Crippen LogP contribution >= 0.6 is 0 Å². The fraction of sp³-hybridized carbons (Fsp3) is 0.417. The number of amides is 2. The average molecular weight is 395 g/mol. The molecule has 0 radical (unpaired) electrons. The van der Waals surface area contributed by atoms with Gasteiger partial charge in [0.1, 0.15) is 5.75 Å². The zero-order chi connectivity index (χ0) is 20.8. The predicted molar refractivity (Wildman–Crippen MR) is 114 cm³/mol. The fourth-order valence-electron chi connectivity index (χ4n) is 3.96. The summed E-state index contributed by atoms with van der Waals surface area (Å²) in [7, 11) is 0. The molecular weight excluding hydrogens is 364 g/mol. The number of rotatable bonds is 7. The molecule has 3 N–H and O–H groups in total. The molecule has 0 heterocycles. The van der Waals surface area contributed by atoms with Crippen molar-refractivity contribution in [2.75, 3.05) is 6.61 Å². The molecule has 29 heavy (non-hydrogen) atoms. The van der Waals surface area contributed by atoms with Crippen LogP contribution in [-0.4, -0.2) is 18.4 Å². The highest BCUT2D eigenvalue weighted by Gasteiger charge is 2.17. The molecule has 2 aromatic carbocycles. The molecule has 0 atom stereocenters. The second-order valence-corrected chi connectivity index (χ2v) is 8.07. The van der Waals surface area contributed by atoms with Crippen LogP contribution in [-0.2, 0) is 6.54 Å². The van der Waals surface area contributed by atoms with Gasteiger partial charge in [-0.2, -0.15) is 0 Å². The van der Waals surface area contributed by atoms with Gasteiger partial charge in [0.2, 0.25) is 0 Å². The highest BCUT2D eigenvalue weighted by Crippen LogP contribution is 2.26. The summed E-state index contributed by atoms with van der Waals surface area (Å²) in [5.41, 5.74) is 9.46. The molecule has 5 heteroatoms. The third kappa shape index (κ3) is 5.83. The molecular formula is C24H30N2O3. The van der Waals surface area contributed by atoms with Gasteiger partial charge in [0.15, 0.2) is 0 Å². The minimum absolute atomic E-state index is 0.143. The van der Waals surface area contributed by atoms with Crippen LogP contribution < -0.4 is 15.8 Å². The zero-order valence-corrected chi connectivity index (χ0v) is 17.3. The number of aryl methyl sites for hydroxylation is 2. The van der Waals surface area contributed by atoms with Crippen LogP contribution in [0.2, 0.25) is 0 Å². The number of nitrogens with one attached hydrogen (secondary N) is 1. The number of primary amides is 1. The second-order valence-electron chi connectivity index (χ2n) is 8.07. The lowest BCUT2D eigenvalue weighted by Crippen LogP contribution is -2.23. The smallest absolute Gasteiger partial charge is 0.252 e. The van der Waals surface area contributed by atoms with E-state index in [2.05, 4.69) is 5.32 Å². The summed E-state index contributed by atoms with van der Waals surface area (Å²) < 4.78 is 5.93. The monoisotopic (exact) mass is 394 g/mol. The molecule has 0 spiro atoms. The molecule has 2 aromatic rings. The standard InChI is InChI=1S/C24H30N2O3/c1-16-10-17(2)12-20(11-16)24(28)26-14-19-8-9-22(21(13-19)23(25)27)29-15-18-6-4-3-5-7-18/h8-13,18H,3-7,14-15H2,1-2H3,(H2,25,27)(H,26,28). The summed E-state index contributed by atoms with van der Waals surface area (Å²) in [5, 5.41) is 2.91. The van der Waals surface area contributed by atoms with Gasteiger partial charge in [-0.3, -0.25) is 9.59 Å². The van der Waals surface area contributed by atoms with Crippen molar-refractivity contribution in [3.05, 3.63) is 64.2 Å². The minimum Gasteiger partial charge on any atom is -0.492 e. The summed E-state index contributed by atoms with van der Waals surface area (Å²) in [6, 6.07) is 11.1. The van der Waals surface area contributed by atoms with Crippen molar-refractivity contribution in [1.29, 1.82) is 0 Å². The number of hydrogen-bond donors (Lipinski definition) is 2. The highest BCUT2D eigenvalue weighted by molar-refractivity contribution is 5.96. The summed E-state index contributed by atoms with van der Waals surface area (Å²) >= 11 is 0. The van der Waals surface area contributed by atoms with E-state index in [0.717, 1.165) is 16.7 Å². The molecule has 0 aliphatic heterocycles. The Morgan fingerprint density at radius 3 is 2.38 bits per heavy atom. The molecule has 1 fully saturated rings. The van der Waals surface area contributed by atoms with E-state index in [9.17, 15) is 9.59 Å². The van der Waals surface area contributed by atoms with Crippen LogP contribution in [0.5, 0.6) is 5.75 Å². The van der Waals surface area contributed by atoms with Crippen LogP contribution in [0, 0.1) is 19.8 Å². The number of benzene rings is 2. The molecule has 1 saturated carbocycles. The first-order valence-corrected chi connectivity index (χ1v) is 10.3. The Labute approximate surface area is 172 Å². The Morgan fingerprint density at radius 1 is 1.03 bits per heavy atom. The Balaban J connectivity index is 1.64. The van der Waals surface area contributed by atoms with Crippen molar-refractivity contribution in [3.8, 4) is 5.75 Å². The molecule has 0 saturated heterocycles. The molecule has 5 nitrogen and oxygen atoms in total. The van der Waals surface area contributed by atoms with Gasteiger partial charge in [-0.05, 0) is 62.4 Å². The maximum Gasteiger partial charge on any atom is 0.252 e. The topological polar surface area (TPSA) is 81.4 Å². The van der Waals surface area contributed by atoms with Crippen molar-refractivity contribution in [2.45, 2.75) is 52.5 Å². The Hall–Kier alpha value is -2.82. The minimum atomic E-state index is -0.522. The predicted octanol–water partition coefficient (Wildman–Crippen LogP) is 4.29. The van der Waals surface area contributed by atoms with Crippen molar-refractivity contribution in [1.82, 2.24) is 5.32 Å². The number of nitrogens with two attached hydrogens (primary N) is 1. The first kappa shape index (κ1) is 20.9. The SMILES string of the molecule is Cc1cc(C)cc(C(=O)NCc2ccc(OCC3CCCCC3)c(C(N)=O)c2)c1. The lowest BCUT2D eigenvalue weighted by molar-refractivity contribution is 0.0950. The van der Waals surface area contributed by atoms with Gasteiger partial charge in [0.25, 0.3) is 11.8 Å². The van der Waals surface area contributed by atoms with E-state index in [1.165, 1.54) is 32.1 Å². The van der Waals surface area contributed by atoms with E-state index in [-0.39, 0.29) is 5.91 Å². The molecule has 0 unspecified atom stereocenters. The van der Waals surface area contributed by atoms with E-state index < -0.39 is 5.91 Å². The van der Waals surface area contributed by atoms with Gasteiger partial charge < -0.3 is 15.8 Å². The second kappa shape index (κ2) is 9.59. The lowest BCUT2D eigenvalue weighted by Gasteiger charge is -2.22.